The number of hydrogen-bond acceptors (Lipinski definition) is 3. The summed E-state index contributed by atoms with van der Waals surface area (Å²) in [4.78, 5) is 12.3. The lowest BCUT2D eigenvalue weighted by molar-refractivity contribution is -0.128. The molecule has 0 aromatic heterocycles. The minimum Gasteiger partial charge on any atom is -0.392 e. The predicted molar refractivity (Wildman–Crippen MR) is 75.0 cm³/mol. The molecule has 4 unspecified atom stereocenters. The molecule has 4 atom stereocenters. The normalized spacial score (nSPS) is 33.2. The van der Waals surface area contributed by atoms with Crippen LogP contribution in [0.1, 0.15) is 37.4 Å². The average molecular weight is 275 g/mol. The molecule has 2 aliphatic rings. The maximum Gasteiger partial charge on any atom is 0.226 e. The number of carbonyl (C=O) groups is 1. The highest BCUT2D eigenvalue weighted by Crippen LogP contribution is 2.31. The van der Waals surface area contributed by atoms with E-state index in [9.17, 15) is 9.90 Å². The van der Waals surface area contributed by atoms with Gasteiger partial charge in [-0.3, -0.25) is 4.79 Å². The highest BCUT2D eigenvalue weighted by Gasteiger charge is 2.36. The highest BCUT2D eigenvalue weighted by molar-refractivity contribution is 5.80. The molecular formula is C16H21NO3. The first-order chi connectivity index (χ1) is 9.75. The predicted octanol–water partition coefficient (Wildman–Crippen LogP) is 1.79. The van der Waals surface area contributed by atoms with Gasteiger partial charge in [0.15, 0.2) is 0 Å². The van der Waals surface area contributed by atoms with Gasteiger partial charge in [-0.25, -0.2) is 0 Å². The van der Waals surface area contributed by atoms with Gasteiger partial charge in [-0.15, -0.1) is 0 Å². The summed E-state index contributed by atoms with van der Waals surface area (Å²) in [5.41, 5.74) is 1.10. The molecule has 1 saturated carbocycles. The number of amides is 1. The quantitative estimate of drug-likeness (QED) is 0.884. The van der Waals surface area contributed by atoms with Crippen molar-refractivity contribution in [1.82, 2.24) is 5.32 Å². The first kappa shape index (κ1) is 13.6. The fraction of sp³-hybridized carbons (Fsp3) is 0.562. The number of carbonyl (C=O) groups excluding carboxylic acids is 1. The molecule has 0 radical (unpaired) electrons. The number of hydrogen-bond donors (Lipinski definition) is 2. The molecule has 1 saturated heterocycles. The lowest BCUT2D eigenvalue weighted by atomic mass is 10.00. The molecule has 1 amide bonds. The number of ether oxygens (including phenoxy) is 1. The van der Waals surface area contributed by atoms with Crippen LogP contribution in [0.3, 0.4) is 0 Å². The molecule has 2 fully saturated rings. The second kappa shape index (κ2) is 5.94. The molecule has 108 valence electrons. The van der Waals surface area contributed by atoms with Crippen molar-refractivity contribution < 1.29 is 14.6 Å². The van der Waals surface area contributed by atoms with Crippen LogP contribution in [0.4, 0.5) is 0 Å². The average Bonchev–Trinajstić information content (AvgIpc) is 3.08. The summed E-state index contributed by atoms with van der Waals surface area (Å²) in [6, 6.07) is 10.0. The van der Waals surface area contributed by atoms with Crippen LogP contribution in [0.15, 0.2) is 30.3 Å². The Balaban J connectivity index is 1.66. The van der Waals surface area contributed by atoms with E-state index >= 15 is 0 Å². The van der Waals surface area contributed by atoms with Crippen molar-refractivity contribution in [2.24, 2.45) is 5.92 Å². The molecule has 2 N–H and O–H groups in total. The molecular weight excluding hydrogens is 254 g/mol. The van der Waals surface area contributed by atoms with Gasteiger partial charge in [0, 0.05) is 6.61 Å². The zero-order valence-corrected chi connectivity index (χ0v) is 11.5. The van der Waals surface area contributed by atoms with Crippen LogP contribution >= 0.6 is 0 Å². The van der Waals surface area contributed by atoms with Crippen molar-refractivity contribution in [2.45, 2.75) is 43.9 Å². The van der Waals surface area contributed by atoms with E-state index in [1.54, 1.807) is 0 Å². The molecule has 0 bridgehead atoms. The Morgan fingerprint density at radius 3 is 2.70 bits per heavy atom. The van der Waals surface area contributed by atoms with Gasteiger partial charge < -0.3 is 15.2 Å². The topological polar surface area (TPSA) is 58.6 Å². The highest BCUT2D eigenvalue weighted by atomic mass is 16.5. The van der Waals surface area contributed by atoms with Crippen LogP contribution in [0.25, 0.3) is 0 Å². The zero-order chi connectivity index (χ0) is 13.9. The monoisotopic (exact) mass is 275 g/mol. The lowest BCUT2D eigenvalue weighted by Gasteiger charge is -2.23. The molecule has 1 heterocycles. The van der Waals surface area contributed by atoms with Crippen LogP contribution < -0.4 is 5.32 Å². The fourth-order valence-electron chi connectivity index (χ4n) is 3.24. The van der Waals surface area contributed by atoms with Crippen LogP contribution in [-0.4, -0.2) is 29.8 Å². The van der Waals surface area contributed by atoms with Crippen molar-refractivity contribution in [2.75, 3.05) is 6.61 Å². The Kier molecular flexibility index (Phi) is 4.03. The Bertz CT molecular complexity index is 462. The summed E-state index contributed by atoms with van der Waals surface area (Å²) < 4.78 is 5.76. The van der Waals surface area contributed by atoms with E-state index in [4.69, 9.17) is 4.74 Å². The Hall–Kier alpha value is -1.39. The minimum atomic E-state index is -0.479. The Morgan fingerprint density at radius 1 is 1.20 bits per heavy atom. The third-order valence-electron chi connectivity index (χ3n) is 4.36. The van der Waals surface area contributed by atoms with Crippen LogP contribution in [0, 0.1) is 5.92 Å². The van der Waals surface area contributed by atoms with Gasteiger partial charge in [0.2, 0.25) is 5.91 Å². The third-order valence-corrected chi connectivity index (χ3v) is 4.36. The summed E-state index contributed by atoms with van der Waals surface area (Å²) in [6.45, 7) is 0.664. The number of nitrogens with one attached hydrogen (secondary N) is 1. The van der Waals surface area contributed by atoms with Crippen molar-refractivity contribution >= 4 is 5.91 Å². The van der Waals surface area contributed by atoms with E-state index in [0.717, 1.165) is 31.2 Å². The summed E-state index contributed by atoms with van der Waals surface area (Å²) in [5.74, 6) is -0.265. The Labute approximate surface area is 119 Å². The molecule has 1 aromatic carbocycles. The molecule has 4 heteroatoms. The summed E-state index contributed by atoms with van der Waals surface area (Å²) in [7, 11) is 0. The first-order valence-electron chi connectivity index (χ1n) is 7.40. The molecule has 1 aromatic rings. The second-order valence-corrected chi connectivity index (χ2v) is 5.71. The third kappa shape index (κ3) is 2.72. The Morgan fingerprint density at radius 2 is 2.00 bits per heavy atom. The number of aliphatic hydroxyl groups is 1. The number of rotatable bonds is 3. The van der Waals surface area contributed by atoms with Gasteiger partial charge in [0.1, 0.15) is 6.10 Å². The van der Waals surface area contributed by atoms with Crippen molar-refractivity contribution in [3.05, 3.63) is 35.9 Å². The molecule has 20 heavy (non-hydrogen) atoms. The maximum atomic E-state index is 12.3. The molecule has 1 aliphatic heterocycles. The zero-order valence-electron chi connectivity index (χ0n) is 11.5. The standard InChI is InChI=1S/C16H21NO3/c18-14-8-4-7-12(14)16(19)17-13-9-10-20-15(13)11-5-2-1-3-6-11/h1-3,5-6,12-15,18H,4,7-10H2,(H,17,19). The van der Waals surface area contributed by atoms with Crippen LogP contribution in [-0.2, 0) is 9.53 Å². The fourth-order valence-corrected chi connectivity index (χ4v) is 3.24. The smallest absolute Gasteiger partial charge is 0.226 e. The van der Waals surface area contributed by atoms with Crippen molar-refractivity contribution in [1.29, 1.82) is 0 Å². The van der Waals surface area contributed by atoms with Crippen LogP contribution in [0.2, 0.25) is 0 Å². The van der Waals surface area contributed by atoms with E-state index < -0.39 is 6.10 Å². The van der Waals surface area contributed by atoms with E-state index in [0.29, 0.717) is 6.61 Å². The molecule has 4 nitrogen and oxygen atoms in total. The van der Waals surface area contributed by atoms with E-state index in [1.165, 1.54) is 0 Å². The van der Waals surface area contributed by atoms with Gasteiger partial charge in [-0.1, -0.05) is 30.3 Å². The van der Waals surface area contributed by atoms with Crippen LogP contribution in [0.5, 0.6) is 0 Å². The summed E-state index contributed by atoms with van der Waals surface area (Å²) >= 11 is 0. The number of benzene rings is 1. The van der Waals surface area contributed by atoms with Crippen molar-refractivity contribution in [3.8, 4) is 0 Å². The van der Waals surface area contributed by atoms with E-state index in [1.807, 2.05) is 30.3 Å². The van der Waals surface area contributed by atoms with E-state index in [2.05, 4.69) is 5.32 Å². The summed E-state index contributed by atoms with van der Waals surface area (Å²) in [5, 5.41) is 12.9. The van der Waals surface area contributed by atoms with Gasteiger partial charge in [-0.2, -0.15) is 0 Å². The first-order valence-corrected chi connectivity index (χ1v) is 7.40. The van der Waals surface area contributed by atoms with Crippen molar-refractivity contribution in [3.63, 3.8) is 0 Å². The number of aliphatic hydroxyl groups excluding tert-OH is 1. The van der Waals surface area contributed by atoms with E-state index in [-0.39, 0.29) is 24.0 Å². The molecule has 0 spiro atoms. The van der Waals surface area contributed by atoms with Gasteiger partial charge in [-0.05, 0) is 31.2 Å². The SMILES string of the molecule is O=C(NC1CCOC1c1ccccc1)C1CCCC1O. The minimum absolute atomic E-state index is 0.0118. The maximum absolute atomic E-state index is 12.3. The lowest BCUT2D eigenvalue weighted by Crippen LogP contribution is -2.42. The molecule has 1 aliphatic carbocycles. The summed E-state index contributed by atoms with van der Waals surface area (Å²) in [6.07, 6.45) is 2.74. The largest absolute Gasteiger partial charge is 0.392 e. The van der Waals surface area contributed by atoms with Gasteiger partial charge >= 0.3 is 0 Å². The van der Waals surface area contributed by atoms with Gasteiger partial charge in [0.05, 0.1) is 18.1 Å². The second-order valence-electron chi connectivity index (χ2n) is 5.71. The molecule has 3 rings (SSSR count). The van der Waals surface area contributed by atoms with Gasteiger partial charge in [0.25, 0.3) is 0 Å².